The molecule has 0 unspecified atom stereocenters. The predicted molar refractivity (Wildman–Crippen MR) is 83.9 cm³/mol. The summed E-state index contributed by atoms with van der Waals surface area (Å²) in [6.07, 6.45) is 4.33. The Hall–Kier alpha value is -1.00. The lowest BCUT2D eigenvalue weighted by molar-refractivity contribution is -0.117. The lowest BCUT2D eigenvalue weighted by atomic mass is 10.3. The Kier molecular flexibility index (Phi) is 7.60. The van der Waals surface area contributed by atoms with Gasteiger partial charge in [0, 0.05) is 10.6 Å². The highest BCUT2D eigenvalue weighted by Gasteiger charge is 2.08. The number of anilines is 1. The predicted octanol–water partition coefficient (Wildman–Crippen LogP) is 3.47. The molecular weight excluding hydrogens is 256 g/mol. The first kappa shape index (κ1) is 16.1. The molecule has 4 heteroatoms. The van der Waals surface area contributed by atoms with E-state index in [4.69, 9.17) is 0 Å². The third-order valence-corrected chi connectivity index (χ3v) is 3.72. The molecular formula is C15H24N2OS. The topological polar surface area (TPSA) is 32.3 Å². The van der Waals surface area contributed by atoms with Gasteiger partial charge in [-0.15, -0.1) is 11.8 Å². The Bertz CT molecular complexity index is 395. The first-order valence-corrected chi connectivity index (χ1v) is 8.08. The Labute approximate surface area is 120 Å². The summed E-state index contributed by atoms with van der Waals surface area (Å²) in [6, 6.07) is 7.95. The number of rotatable bonds is 8. The van der Waals surface area contributed by atoms with E-state index in [2.05, 4.69) is 24.1 Å². The Morgan fingerprint density at radius 2 is 2.16 bits per heavy atom. The smallest absolute Gasteiger partial charge is 0.238 e. The number of carbonyl (C=O) groups excluding carboxylic acids is 1. The molecule has 1 aromatic carbocycles. The van der Waals surface area contributed by atoms with Crippen molar-refractivity contribution in [2.24, 2.45) is 0 Å². The van der Waals surface area contributed by atoms with Gasteiger partial charge in [-0.05, 0) is 44.0 Å². The summed E-state index contributed by atoms with van der Waals surface area (Å²) in [5.74, 6) is 0.0659. The average Bonchev–Trinajstić information content (AvgIpc) is 2.43. The molecule has 0 atom stereocenters. The third kappa shape index (κ3) is 6.12. The van der Waals surface area contributed by atoms with Gasteiger partial charge in [-0.25, -0.2) is 0 Å². The second kappa shape index (κ2) is 8.99. The molecule has 0 saturated carbocycles. The minimum atomic E-state index is 0.0659. The van der Waals surface area contributed by atoms with Crippen LogP contribution in [0.2, 0.25) is 0 Å². The summed E-state index contributed by atoms with van der Waals surface area (Å²) in [6.45, 7) is 6.64. The summed E-state index contributed by atoms with van der Waals surface area (Å²) in [7, 11) is 0. The fraction of sp³-hybridized carbons (Fsp3) is 0.533. The lowest BCUT2D eigenvalue weighted by Gasteiger charge is -2.19. The number of carbonyl (C=O) groups is 1. The molecule has 1 N–H and O–H groups in total. The van der Waals surface area contributed by atoms with Gasteiger partial charge in [0.25, 0.3) is 0 Å². The van der Waals surface area contributed by atoms with Crippen LogP contribution < -0.4 is 5.32 Å². The van der Waals surface area contributed by atoms with Crippen molar-refractivity contribution in [3.8, 4) is 0 Å². The number of likely N-dealkylation sites (N-methyl/N-ethyl adjacent to an activating group) is 1. The van der Waals surface area contributed by atoms with Crippen molar-refractivity contribution in [1.29, 1.82) is 0 Å². The lowest BCUT2D eigenvalue weighted by Crippen LogP contribution is -2.33. The zero-order valence-corrected chi connectivity index (χ0v) is 12.9. The Morgan fingerprint density at radius 3 is 2.79 bits per heavy atom. The third-order valence-electron chi connectivity index (χ3n) is 3.00. The molecule has 0 aliphatic rings. The first-order valence-electron chi connectivity index (χ1n) is 6.85. The molecule has 0 fully saturated rings. The van der Waals surface area contributed by atoms with Crippen molar-refractivity contribution in [3.63, 3.8) is 0 Å². The highest BCUT2D eigenvalue weighted by Crippen LogP contribution is 2.18. The zero-order valence-electron chi connectivity index (χ0n) is 12.1. The Balaban J connectivity index is 2.49. The second-order valence-corrected chi connectivity index (χ2v) is 5.38. The van der Waals surface area contributed by atoms with Gasteiger partial charge < -0.3 is 5.32 Å². The molecule has 19 heavy (non-hydrogen) atoms. The summed E-state index contributed by atoms with van der Waals surface area (Å²) >= 11 is 1.68. The van der Waals surface area contributed by atoms with Gasteiger partial charge in [-0.2, -0.15) is 0 Å². The van der Waals surface area contributed by atoms with Crippen LogP contribution in [-0.4, -0.2) is 36.7 Å². The number of nitrogens with zero attached hydrogens (tertiary/aromatic N) is 1. The fourth-order valence-electron chi connectivity index (χ4n) is 1.84. The van der Waals surface area contributed by atoms with Gasteiger partial charge in [-0.3, -0.25) is 9.69 Å². The van der Waals surface area contributed by atoms with E-state index in [0.717, 1.165) is 36.5 Å². The maximum atomic E-state index is 12.0. The van der Waals surface area contributed by atoms with Crippen molar-refractivity contribution in [2.45, 2.75) is 31.6 Å². The van der Waals surface area contributed by atoms with Crippen LogP contribution in [-0.2, 0) is 4.79 Å². The number of amides is 1. The molecule has 0 spiro atoms. The molecule has 0 heterocycles. The molecule has 0 radical (unpaired) electrons. The molecule has 106 valence electrons. The monoisotopic (exact) mass is 280 g/mol. The van der Waals surface area contributed by atoms with Crippen molar-refractivity contribution in [1.82, 2.24) is 4.90 Å². The van der Waals surface area contributed by atoms with Crippen LogP contribution in [0, 0.1) is 0 Å². The van der Waals surface area contributed by atoms with Crippen LogP contribution in [0.25, 0.3) is 0 Å². The van der Waals surface area contributed by atoms with E-state index in [9.17, 15) is 4.79 Å². The maximum absolute atomic E-state index is 12.0. The van der Waals surface area contributed by atoms with Crippen LogP contribution in [0.15, 0.2) is 29.2 Å². The standard InChI is InChI=1S/C15H24N2OS/c1-4-6-10-17(5-2)12-15(18)16-13-8-7-9-14(11-13)19-3/h7-9,11H,4-6,10,12H2,1-3H3,(H,16,18). The molecule has 1 rings (SSSR count). The van der Waals surface area contributed by atoms with Gasteiger partial charge in [0.05, 0.1) is 6.54 Å². The fourth-order valence-corrected chi connectivity index (χ4v) is 2.29. The van der Waals surface area contributed by atoms with E-state index in [-0.39, 0.29) is 5.91 Å². The second-order valence-electron chi connectivity index (χ2n) is 4.50. The van der Waals surface area contributed by atoms with E-state index in [0.29, 0.717) is 6.54 Å². The van der Waals surface area contributed by atoms with Crippen LogP contribution in [0.4, 0.5) is 5.69 Å². The van der Waals surface area contributed by atoms with Crippen molar-refractivity contribution in [2.75, 3.05) is 31.2 Å². The van der Waals surface area contributed by atoms with Crippen molar-refractivity contribution < 1.29 is 4.79 Å². The van der Waals surface area contributed by atoms with Crippen LogP contribution in [0.1, 0.15) is 26.7 Å². The molecule has 0 saturated heterocycles. The number of nitrogens with one attached hydrogen (secondary N) is 1. The number of thioether (sulfide) groups is 1. The number of hydrogen-bond donors (Lipinski definition) is 1. The number of benzene rings is 1. The van der Waals surface area contributed by atoms with E-state index >= 15 is 0 Å². The molecule has 0 bridgehead atoms. The van der Waals surface area contributed by atoms with Gasteiger partial charge in [-0.1, -0.05) is 26.3 Å². The van der Waals surface area contributed by atoms with Crippen LogP contribution in [0.3, 0.4) is 0 Å². The van der Waals surface area contributed by atoms with Crippen LogP contribution in [0.5, 0.6) is 0 Å². The SMILES string of the molecule is CCCCN(CC)CC(=O)Nc1cccc(SC)c1. The zero-order chi connectivity index (χ0) is 14.1. The molecule has 1 aromatic rings. The molecule has 3 nitrogen and oxygen atoms in total. The Morgan fingerprint density at radius 1 is 1.37 bits per heavy atom. The highest BCUT2D eigenvalue weighted by molar-refractivity contribution is 7.98. The summed E-state index contributed by atoms with van der Waals surface area (Å²) in [4.78, 5) is 15.3. The average molecular weight is 280 g/mol. The van der Waals surface area contributed by atoms with E-state index in [1.807, 2.05) is 30.5 Å². The van der Waals surface area contributed by atoms with Crippen molar-refractivity contribution in [3.05, 3.63) is 24.3 Å². The molecule has 0 aromatic heterocycles. The van der Waals surface area contributed by atoms with Gasteiger partial charge >= 0.3 is 0 Å². The molecule has 0 aliphatic carbocycles. The van der Waals surface area contributed by atoms with Crippen molar-refractivity contribution >= 4 is 23.4 Å². The first-order chi connectivity index (χ1) is 9.19. The van der Waals surface area contributed by atoms with Crippen LogP contribution >= 0.6 is 11.8 Å². The maximum Gasteiger partial charge on any atom is 0.238 e. The largest absolute Gasteiger partial charge is 0.325 e. The summed E-state index contributed by atoms with van der Waals surface area (Å²) in [5, 5.41) is 2.96. The minimum Gasteiger partial charge on any atom is -0.325 e. The van der Waals surface area contributed by atoms with E-state index in [1.54, 1.807) is 11.8 Å². The van der Waals surface area contributed by atoms with E-state index < -0.39 is 0 Å². The number of hydrogen-bond acceptors (Lipinski definition) is 3. The quantitative estimate of drug-likeness (QED) is 0.740. The van der Waals surface area contributed by atoms with E-state index in [1.165, 1.54) is 0 Å². The van der Waals surface area contributed by atoms with Gasteiger partial charge in [0.15, 0.2) is 0 Å². The number of unbranched alkanes of at least 4 members (excludes halogenated alkanes) is 1. The normalized spacial score (nSPS) is 10.7. The summed E-state index contributed by atoms with van der Waals surface area (Å²) in [5.41, 5.74) is 0.878. The summed E-state index contributed by atoms with van der Waals surface area (Å²) < 4.78 is 0. The van der Waals surface area contributed by atoms with Gasteiger partial charge in [0.2, 0.25) is 5.91 Å². The molecule has 1 amide bonds. The van der Waals surface area contributed by atoms with Gasteiger partial charge in [0.1, 0.15) is 0 Å². The minimum absolute atomic E-state index is 0.0659. The molecule has 0 aliphatic heterocycles. The highest BCUT2D eigenvalue weighted by atomic mass is 32.2.